The van der Waals surface area contributed by atoms with Gasteiger partial charge in [-0.1, -0.05) is 6.58 Å². The van der Waals surface area contributed by atoms with Crippen molar-refractivity contribution in [2.24, 2.45) is 4.99 Å². The highest BCUT2D eigenvalue weighted by Gasteiger charge is 2.01. The Morgan fingerprint density at radius 3 is 2.92 bits per heavy atom. The number of hydrogen-bond acceptors (Lipinski definition) is 2. The number of aromatic nitrogens is 2. The molecule has 3 nitrogen and oxygen atoms in total. The highest BCUT2D eigenvalue weighted by atomic mass is 15.1. The van der Waals surface area contributed by atoms with E-state index in [1.165, 1.54) is 0 Å². The van der Waals surface area contributed by atoms with E-state index in [1.54, 1.807) is 0 Å². The summed E-state index contributed by atoms with van der Waals surface area (Å²) in [7, 11) is 0. The Labute approximate surface area is 76.2 Å². The van der Waals surface area contributed by atoms with Crippen LogP contribution in [0.1, 0.15) is 12.6 Å². The maximum atomic E-state index is 4.28. The van der Waals surface area contributed by atoms with Gasteiger partial charge in [0.15, 0.2) is 0 Å². The van der Waals surface area contributed by atoms with Gasteiger partial charge in [-0.15, -0.1) is 0 Å². The summed E-state index contributed by atoms with van der Waals surface area (Å²) < 4.78 is 0. The molecule has 1 aromatic rings. The topological polar surface area (TPSA) is 41.0 Å². The van der Waals surface area contributed by atoms with Crippen molar-refractivity contribution in [1.29, 1.82) is 0 Å². The average Bonchev–Trinajstić information content (AvgIpc) is 2.36. The van der Waals surface area contributed by atoms with Crippen molar-refractivity contribution >= 4 is 18.0 Å². The van der Waals surface area contributed by atoms with Crippen LogP contribution >= 0.6 is 0 Å². The number of nitrogens with one attached hydrogen (secondary N) is 1. The summed E-state index contributed by atoms with van der Waals surface area (Å²) in [5.74, 6) is 0. The second kappa shape index (κ2) is 2.69. The minimum absolute atomic E-state index is 0.929. The van der Waals surface area contributed by atoms with Gasteiger partial charge in [-0.05, 0) is 25.5 Å². The lowest BCUT2D eigenvalue weighted by Gasteiger charge is -1.92. The molecule has 0 amide bonds. The number of allylic oxidation sites excluding steroid dienone is 1. The van der Waals surface area contributed by atoms with Crippen molar-refractivity contribution in [1.82, 2.24) is 10.2 Å². The molecule has 66 valence electrons. The Hall–Kier alpha value is -1.64. The van der Waals surface area contributed by atoms with Crippen LogP contribution in [0.4, 0.5) is 0 Å². The first-order chi connectivity index (χ1) is 6.18. The monoisotopic (exact) mass is 173 g/mol. The van der Waals surface area contributed by atoms with E-state index in [0.717, 1.165) is 27.5 Å². The van der Waals surface area contributed by atoms with Gasteiger partial charge in [-0.2, -0.15) is 5.10 Å². The van der Waals surface area contributed by atoms with Crippen LogP contribution in [0.3, 0.4) is 0 Å². The van der Waals surface area contributed by atoms with E-state index in [-0.39, 0.29) is 0 Å². The first kappa shape index (κ1) is 7.98. The highest BCUT2D eigenvalue weighted by Crippen LogP contribution is 1.98. The fourth-order valence-corrected chi connectivity index (χ4v) is 1.26. The molecule has 2 rings (SSSR count). The number of aliphatic imine (C=N–C) groups is 1. The second-order valence-electron chi connectivity index (χ2n) is 3.15. The molecule has 1 N–H and O–H groups in total. The average molecular weight is 173 g/mol. The maximum absolute atomic E-state index is 4.28. The fraction of sp³-hybridized carbons (Fsp3) is 0.200. The van der Waals surface area contributed by atoms with Gasteiger partial charge >= 0.3 is 0 Å². The summed E-state index contributed by atoms with van der Waals surface area (Å²) >= 11 is 0. The Morgan fingerprint density at radius 2 is 2.15 bits per heavy atom. The van der Waals surface area contributed by atoms with E-state index in [9.17, 15) is 0 Å². The minimum Gasteiger partial charge on any atom is -0.277 e. The van der Waals surface area contributed by atoms with Crippen LogP contribution in [0.15, 0.2) is 17.1 Å². The summed E-state index contributed by atoms with van der Waals surface area (Å²) in [6.45, 7) is 7.81. The lowest BCUT2D eigenvalue weighted by Crippen LogP contribution is -2.23. The SMILES string of the molecule is C=C1C=c2[nH]nc(C)c2=CN=C1C. The predicted molar refractivity (Wildman–Crippen MR) is 53.8 cm³/mol. The third-order valence-electron chi connectivity index (χ3n) is 2.19. The van der Waals surface area contributed by atoms with Gasteiger partial charge in [-0.3, -0.25) is 10.1 Å². The summed E-state index contributed by atoms with van der Waals surface area (Å²) in [6.07, 6.45) is 3.80. The molecule has 0 atom stereocenters. The third kappa shape index (κ3) is 1.22. The summed E-state index contributed by atoms with van der Waals surface area (Å²) in [5.41, 5.74) is 2.85. The number of nitrogens with zero attached hydrogens (tertiary/aromatic N) is 2. The molecule has 0 saturated heterocycles. The van der Waals surface area contributed by atoms with Gasteiger partial charge in [0.25, 0.3) is 0 Å². The second-order valence-corrected chi connectivity index (χ2v) is 3.15. The van der Waals surface area contributed by atoms with Crippen LogP contribution in [0.2, 0.25) is 0 Å². The molecule has 0 unspecified atom stereocenters. The van der Waals surface area contributed by atoms with Crippen LogP contribution in [0, 0.1) is 6.92 Å². The molecule has 0 saturated carbocycles. The standard InChI is InChI=1S/C10H11N3/c1-6-4-10-9(5-11-7(6)2)8(3)12-13-10/h4-5,13H,1H2,2-3H3. The normalized spacial score (nSPS) is 15.2. The molecule has 3 heteroatoms. The van der Waals surface area contributed by atoms with Gasteiger partial charge in [0.05, 0.1) is 11.0 Å². The summed E-state index contributed by atoms with van der Waals surface area (Å²) in [6, 6.07) is 0. The maximum Gasteiger partial charge on any atom is 0.0685 e. The molecule has 0 aliphatic carbocycles. The van der Waals surface area contributed by atoms with Gasteiger partial charge < -0.3 is 0 Å². The molecule has 0 bridgehead atoms. The van der Waals surface area contributed by atoms with Crippen LogP contribution in [-0.4, -0.2) is 15.9 Å². The summed E-state index contributed by atoms with van der Waals surface area (Å²) in [4.78, 5) is 4.28. The number of aromatic amines is 1. The van der Waals surface area contributed by atoms with Gasteiger partial charge in [0.2, 0.25) is 0 Å². The van der Waals surface area contributed by atoms with E-state index in [0.29, 0.717) is 0 Å². The molecule has 1 aliphatic rings. The molecule has 0 radical (unpaired) electrons. The van der Waals surface area contributed by atoms with Gasteiger partial charge in [0, 0.05) is 17.1 Å². The number of hydrogen-bond donors (Lipinski definition) is 1. The van der Waals surface area contributed by atoms with Crippen LogP contribution in [0.25, 0.3) is 12.3 Å². The largest absolute Gasteiger partial charge is 0.277 e. The fourth-order valence-electron chi connectivity index (χ4n) is 1.26. The lowest BCUT2D eigenvalue weighted by atomic mass is 10.2. The van der Waals surface area contributed by atoms with E-state index in [2.05, 4.69) is 21.8 Å². The molecular weight excluding hydrogens is 162 g/mol. The molecular formula is C10H11N3. The molecule has 0 spiro atoms. The minimum atomic E-state index is 0.929. The summed E-state index contributed by atoms with van der Waals surface area (Å²) in [5, 5.41) is 9.09. The molecule has 1 aliphatic heterocycles. The zero-order chi connectivity index (χ0) is 9.42. The van der Waals surface area contributed by atoms with Gasteiger partial charge in [-0.25, -0.2) is 0 Å². The zero-order valence-electron chi connectivity index (χ0n) is 7.76. The van der Waals surface area contributed by atoms with E-state index in [4.69, 9.17) is 0 Å². The third-order valence-corrected chi connectivity index (χ3v) is 2.19. The van der Waals surface area contributed by atoms with Crippen molar-refractivity contribution in [3.8, 4) is 0 Å². The van der Waals surface area contributed by atoms with Crippen molar-refractivity contribution in [3.63, 3.8) is 0 Å². The molecule has 2 heterocycles. The van der Waals surface area contributed by atoms with E-state index in [1.807, 2.05) is 26.1 Å². The van der Waals surface area contributed by atoms with Crippen LogP contribution in [-0.2, 0) is 0 Å². The molecule has 1 aromatic heterocycles. The lowest BCUT2D eigenvalue weighted by molar-refractivity contribution is 1.03. The van der Waals surface area contributed by atoms with Gasteiger partial charge in [0.1, 0.15) is 0 Å². The number of rotatable bonds is 0. The number of H-pyrrole nitrogens is 1. The Morgan fingerprint density at radius 1 is 1.38 bits per heavy atom. The zero-order valence-corrected chi connectivity index (χ0v) is 7.76. The van der Waals surface area contributed by atoms with Crippen LogP contribution in [0.5, 0.6) is 0 Å². The number of fused-ring (bicyclic) bond motifs is 1. The number of aryl methyl sites for hydroxylation is 1. The van der Waals surface area contributed by atoms with Crippen molar-refractivity contribution in [3.05, 3.63) is 28.4 Å². The molecule has 13 heavy (non-hydrogen) atoms. The van der Waals surface area contributed by atoms with Crippen molar-refractivity contribution in [2.75, 3.05) is 0 Å². The Bertz CT molecular complexity index is 503. The van der Waals surface area contributed by atoms with Crippen molar-refractivity contribution in [2.45, 2.75) is 13.8 Å². The quantitative estimate of drug-likeness (QED) is 0.601. The van der Waals surface area contributed by atoms with E-state index < -0.39 is 0 Å². The smallest absolute Gasteiger partial charge is 0.0685 e. The molecule has 0 fully saturated rings. The Kier molecular flexibility index (Phi) is 1.65. The Balaban J connectivity index is 2.83. The first-order valence-electron chi connectivity index (χ1n) is 4.15. The molecule has 0 aromatic carbocycles. The first-order valence-corrected chi connectivity index (χ1v) is 4.15. The van der Waals surface area contributed by atoms with E-state index >= 15 is 0 Å². The van der Waals surface area contributed by atoms with Crippen LogP contribution < -0.4 is 10.6 Å². The van der Waals surface area contributed by atoms with Crippen molar-refractivity contribution < 1.29 is 0 Å². The highest BCUT2D eigenvalue weighted by molar-refractivity contribution is 6.06. The predicted octanol–water partition coefficient (Wildman–Crippen LogP) is 0.267.